The summed E-state index contributed by atoms with van der Waals surface area (Å²) in [5.41, 5.74) is 3.62. The first-order valence-corrected chi connectivity index (χ1v) is 11.2. The summed E-state index contributed by atoms with van der Waals surface area (Å²) in [5, 5.41) is 4.95. The lowest BCUT2D eigenvalue weighted by Crippen LogP contribution is -2.39. The van der Waals surface area contributed by atoms with Crippen molar-refractivity contribution in [2.45, 2.75) is 36.9 Å². The predicted octanol–water partition coefficient (Wildman–Crippen LogP) is 2.00. The maximum absolute atomic E-state index is 13.1. The minimum absolute atomic E-state index is 0.0447. The summed E-state index contributed by atoms with van der Waals surface area (Å²) in [6.45, 7) is 2.06. The fraction of sp³-hybridized carbons (Fsp3) is 0.500. The molecular weight excluding hydrogens is 388 g/mol. The number of morpholine rings is 1. The van der Waals surface area contributed by atoms with Crippen molar-refractivity contribution < 1.29 is 4.74 Å². The normalized spacial score (nSPS) is 19.5. The van der Waals surface area contributed by atoms with Crippen molar-refractivity contribution in [2.24, 2.45) is 7.05 Å². The van der Waals surface area contributed by atoms with E-state index < -0.39 is 0 Å². The van der Waals surface area contributed by atoms with Gasteiger partial charge in [-0.05, 0) is 31.9 Å². The van der Waals surface area contributed by atoms with Crippen LogP contribution in [-0.4, -0.2) is 50.1 Å². The SMILES string of the molecule is CSc1nc(N2CCOC(c3cnn(C)c3)C2)cc2nc3c(c(=O)n12)CCCC3. The molecule has 1 fully saturated rings. The van der Waals surface area contributed by atoms with Crippen molar-refractivity contribution in [3.8, 4) is 0 Å². The van der Waals surface area contributed by atoms with E-state index in [0.29, 0.717) is 24.0 Å². The number of ether oxygens (including phenoxy) is 1. The highest BCUT2D eigenvalue weighted by atomic mass is 32.2. The van der Waals surface area contributed by atoms with Gasteiger partial charge in [0.1, 0.15) is 17.6 Å². The van der Waals surface area contributed by atoms with Gasteiger partial charge < -0.3 is 9.64 Å². The lowest BCUT2D eigenvalue weighted by molar-refractivity contribution is 0.0394. The quantitative estimate of drug-likeness (QED) is 0.481. The molecule has 4 heterocycles. The van der Waals surface area contributed by atoms with Crippen LogP contribution in [0.5, 0.6) is 0 Å². The van der Waals surface area contributed by atoms with Crippen molar-refractivity contribution in [1.82, 2.24) is 24.1 Å². The van der Waals surface area contributed by atoms with E-state index in [0.717, 1.165) is 54.9 Å². The van der Waals surface area contributed by atoms with Gasteiger partial charge in [-0.2, -0.15) is 5.10 Å². The Bertz CT molecular complexity index is 1120. The average Bonchev–Trinajstić information content (AvgIpc) is 3.19. The summed E-state index contributed by atoms with van der Waals surface area (Å²) in [6, 6.07) is 1.95. The van der Waals surface area contributed by atoms with Crippen molar-refractivity contribution in [2.75, 3.05) is 30.9 Å². The molecule has 29 heavy (non-hydrogen) atoms. The van der Waals surface area contributed by atoms with E-state index in [1.165, 1.54) is 11.8 Å². The molecule has 1 unspecified atom stereocenters. The molecule has 5 rings (SSSR count). The van der Waals surface area contributed by atoms with Gasteiger partial charge in [0.15, 0.2) is 5.16 Å². The van der Waals surface area contributed by atoms with Crippen molar-refractivity contribution >= 4 is 23.2 Å². The molecule has 152 valence electrons. The molecule has 0 spiro atoms. The smallest absolute Gasteiger partial charge is 0.263 e. The minimum atomic E-state index is -0.0492. The standard InChI is InChI=1S/C20H24N6O2S/c1-24-11-13(10-21-24)16-12-25(7-8-28-16)17-9-18-22-15-6-4-3-5-14(15)19(27)26(18)20(23-17)29-2/h9-11,16H,3-8,12H2,1-2H3. The zero-order valence-corrected chi connectivity index (χ0v) is 17.5. The minimum Gasteiger partial charge on any atom is -0.370 e. The number of aromatic nitrogens is 5. The molecule has 3 aromatic heterocycles. The Morgan fingerprint density at radius 3 is 2.90 bits per heavy atom. The van der Waals surface area contributed by atoms with Crippen molar-refractivity contribution in [3.63, 3.8) is 0 Å². The van der Waals surface area contributed by atoms with Crippen LogP contribution in [0.3, 0.4) is 0 Å². The Labute approximate surface area is 172 Å². The van der Waals surface area contributed by atoms with Gasteiger partial charge in [0, 0.05) is 43.5 Å². The van der Waals surface area contributed by atoms with E-state index >= 15 is 0 Å². The number of nitrogens with zero attached hydrogens (tertiary/aromatic N) is 6. The molecule has 1 aliphatic carbocycles. The van der Waals surface area contributed by atoms with Crippen LogP contribution >= 0.6 is 11.8 Å². The Balaban J connectivity index is 1.55. The molecule has 1 aliphatic heterocycles. The second kappa shape index (κ2) is 7.46. The lowest BCUT2D eigenvalue weighted by Gasteiger charge is -2.33. The zero-order valence-electron chi connectivity index (χ0n) is 16.7. The molecule has 0 bridgehead atoms. The highest BCUT2D eigenvalue weighted by Gasteiger charge is 2.26. The highest BCUT2D eigenvalue weighted by Crippen LogP contribution is 2.27. The van der Waals surface area contributed by atoms with E-state index in [9.17, 15) is 4.79 Å². The molecule has 0 radical (unpaired) electrons. The Morgan fingerprint density at radius 1 is 1.24 bits per heavy atom. The first-order chi connectivity index (χ1) is 14.1. The van der Waals surface area contributed by atoms with E-state index in [4.69, 9.17) is 14.7 Å². The van der Waals surface area contributed by atoms with Crippen LogP contribution in [0.25, 0.3) is 5.65 Å². The molecule has 0 amide bonds. The van der Waals surface area contributed by atoms with E-state index in [1.807, 2.05) is 31.8 Å². The summed E-state index contributed by atoms with van der Waals surface area (Å²) >= 11 is 1.48. The van der Waals surface area contributed by atoms with Crippen molar-refractivity contribution in [3.05, 3.63) is 45.6 Å². The molecular formula is C20H24N6O2S. The molecule has 0 saturated carbocycles. The van der Waals surface area contributed by atoms with Gasteiger partial charge in [-0.25, -0.2) is 14.4 Å². The van der Waals surface area contributed by atoms with E-state index in [1.54, 1.807) is 9.08 Å². The van der Waals surface area contributed by atoms with Crippen molar-refractivity contribution in [1.29, 1.82) is 0 Å². The van der Waals surface area contributed by atoms with Crippen LogP contribution in [0.2, 0.25) is 0 Å². The summed E-state index contributed by atoms with van der Waals surface area (Å²) in [6.07, 6.45) is 9.59. The number of rotatable bonds is 3. The maximum atomic E-state index is 13.1. The summed E-state index contributed by atoms with van der Waals surface area (Å²) in [7, 11) is 1.91. The Kier molecular flexibility index (Phi) is 4.79. The lowest BCUT2D eigenvalue weighted by atomic mass is 9.97. The van der Waals surface area contributed by atoms with E-state index in [-0.39, 0.29) is 11.7 Å². The Morgan fingerprint density at radius 2 is 2.10 bits per heavy atom. The van der Waals surface area contributed by atoms with Crippen LogP contribution in [-0.2, 0) is 24.6 Å². The van der Waals surface area contributed by atoms with Gasteiger partial charge in [-0.3, -0.25) is 9.48 Å². The Hall–Kier alpha value is -2.39. The highest BCUT2D eigenvalue weighted by molar-refractivity contribution is 7.98. The van der Waals surface area contributed by atoms with Gasteiger partial charge in [0.25, 0.3) is 5.56 Å². The average molecular weight is 413 g/mol. The number of fused-ring (bicyclic) bond motifs is 2. The molecule has 0 aromatic carbocycles. The predicted molar refractivity (Wildman–Crippen MR) is 112 cm³/mol. The topological polar surface area (TPSA) is 77.5 Å². The molecule has 8 nitrogen and oxygen atoms in total. The van der Waals surface area contributed by atoms with Crippen LogP contribution in [0.4, 0.5) is 5.82 Å². The maximum Gasteiger partial charge on any atom is 0.263 e. The molecule has 9 heteroatoms. The first-order valence-electron chi connectivity index (χ1n) is 9.98. The van der Waals surface area contributed by atoms with Crippen LogP contribution in [0.15, 0.2) is 28.4 Å². The molecule has 3 aromatic rings. The number of hydrogen-bond acceptors (Lipinski definition) is 7. The third kappa shape index (κ3) is 3.32. The zero-order chi connectivity index (χ0) is 20.0. The number of thioether (sulfide) groups is 1. The number of hydrogen-bond donors (Lipinski definition) is 0. The van der Waals surface area contributed by atoms with Crippen LogP contribution < -0.4 is 10.5 Å². The largest absolute Gasteiger partial charge is 0.370 e. The van der Waals surface area contributed by atoms with Gasteiger partial charge in [0.2, 0.25) is 0 Å². The summed E-state index contributed by atoms with van der Waals surface area (Å²) in [5.74, 6) is 0.842. The molecule has 2 aliphatic rings. The first kappa shape index (κ1) is 18.6. The fourth-order valence-corrected chi connectivity index (χ4v) is 4.76. The second-order valence-electron chi connectivity index (χ2n) is 7.60. The third-order valence-electron chi connectivity index (χ3n) is 5.71. The summed E-state index contributed by atoms with van der Waals surface area (Å²) < 4.78 is 9.43. The van der Waals surface area contributed by atoms with E-state index in [2.05, 4.69) is 10.00 Å². The number of anilines is 1. The van der Waals surface area contributed by atoms with Gasteiger partial charge in [-0.15, -0.1) is 0 Å². The second-order valence-corrected chi connectivity index (χ2v) is 8.37. The molecule has 1 atom stereocenters. The van der Waals surface area contributed by atoms with Gasteiger partial charge in [-0.1, -0.05) is 11.8 Å². The monoisotopic (exact) mass is 412 g/mol. The van der Waals surface area contributed by atoms with Crippen LogP contribution in [0.1, 0.15) is 35.8 Å². The van der Waals surface area contributed by atoms with Gasteiger partial charge in [0.05, 0.1) is 18.5 Å². The fourth-order valence-electron chi connectivity index (χ4n) is 4.21. The number of aryl methyl sites for hydroxylation is 2. The molecule has 1 saturated heterocycles. The summed E-state index contributed by atoms with van der Waals surface area (Å²) in [4.78, 5) is 25.0. The van der Waals surface area contributed by atoms with Crippen LogP contribution in [0, 0.1) is 0 Å². The third-order valence-corrected chi connectivity index (χ3v) is 6.35. The van der Waals surface area contributed by atoms with Gasteiger partial charge >= 0.3 is 0 Å². The molecule has 0 N–H and O–H groups in total.